The van der Waals surface area contributed by atoms with E-state index in [-0.39, 0.29) is 37.3 Å². The molecule has 3 N–H and O–H groups in total. The van der Waals surface area contributed by atoms with Crippen LogP contribution in [0.25, 0.3) is 0 Å². The molecule has 1 amide bonds. The van der Waals surface area contributed by atoms with Gasteiger partial charge in [-0.3, -0.25) is 19.6 Å². The first-order valence-electron chi connectivity index (χ1n) is 6.23. The van der Waals surface area contributed by atoms with E-state index in [1.807, 2.05) is 13.8 Å². The van der Waals surface area contributed by atoms with Crippen molar-refractivity contribution in [3.8, 4) is 0 Å². The van der Waals surface area contributed by atoms with Gasteiger partial charge < -0.3 is 15.7 Å². The quantitative estimate of drug-likeness (QED) is 0.427. The molecule has 0 aliphatic carbocycles. The number of aliphatic hydroxyl groups excluding tert-OH is 1. The average Bonchev–Trinajstić information content (AvgIpc) is 2.76. The molecule has 0 saturated heterocycles. The van der Waals surface area contributed by atoms with Crippen molar-refractivity contribution < 1.29 is 14.8 Å². The van der Waals surface area contributed by atoms with Crippen LogP contribution in [-0.2, 0) is 11.3 Å². The van der Waals surface area contributed by atoms with Crippen molar-refractivity contribution in [3.63, 3.8) is 0 Å². The zero-order valence-electron chi connectivity index (χ0n) is 11.4. The van der Waals surface area contributed by atoms with E-state index < -0.39 is 11.0 Å². The van der Waals surface area contributed by atoms with Crippen LogP contribution in [0.3, 0.4) is 0 Å². The monoisotopic (exact) mass is 285 g/mol. The maximum absolute atomic E-state index is 11.3. The molecule has 0 saturated carbocycles. The molecule has 0 radical (unpaired) electrons. The smallest absolute Gasteiger partial charge is 0.306 e. The van der Waals surface area contributed by atoms with Crippen LogP contribution in [0.15, 0.2) is 12.4 Å². The molecule has 0 aromatic carbocycles. The number of carbonyl (C=O) groups excluding carboxylic acids is 1. The van der Waals surface area contributed by atoms with Crippen LogP contribution in [0.4, 0.5) is 5.69 Å². The normalized spacial score (nSPS) is 12.4. The summed E-state index contributed by atoms with van der Waals surface area (Å²) in [6, 6.07) is 0.0684. The van der Waals surface area contributed by atoms with Crippen molar-refractivity contribution in [2.45, 2.75) is 32.5 Å². The van der Waals surface area contributed by atoms with Crippen LogP contribution in [0.1, 0.15) is 13.8 Å². The number of nitrogens with zero attached hydrogens (tertiary/aromatic N) is 3. The lowest BCUT2D eigenvalue weighted by atomic mass is 10.3. The number of aliphatic hydroxyl groups is 1. The van der Waals surface area contributed by atoms with Gasteiger partial charge in [-0.05, 0) is 13.8 Å². The number of aromatic nitrogens is 2. The topological polar surface area (TPSA) is 122 Å². The predicted molar refractivity (Wildman–Crippen MR) is 71.0 cm³/mol. The molecule has 1 atom stereocenters. The summed E-state index contributed by atoms with van der Waals surface area (Å²) in [6.07, 6.45) is 1.58. The number of hydrogen-bond acceptors (Lipinski definition) is 6. The summed E-state index contributed by atoms with van der Waals surface area (Å²) in [5, 5.41) is 29.5. The third kappa shape index (κ3) is 5.76. The summed E-state index contributed by atoms with van der Waals surface area (Å²) in [6.45, 7) is 4.13. The van der Waals surface area contributed by atoms with Gasteiger partial charge in [0.15, 0.2) is 0 Å². The van der Waals surface area contributed by atoms with E-state index >= 15 is 0 Å². The van der Waals surface area contributed by atoms with Gasteiger partial charge in [-0.15, -0.1) is 0 Å². The molecule has 112 valence electrons. The number of nitrogens with one attached hydrogen (secondary N) is 2. The average molecular weight is 285 g/mol. The highest BCUT2D eigenvalue weighted by Crippen LogP contribution is 2.07. The molecule has 0 aliphatic heterocycles. The third-order valence-corrected chi connectivity index (χ3v) is 2.34. The van der Waals surface area contributed by atoms with Crippen molar-refractivity contribution in [1.29, 1.82) is 0 Å². The molecular formula is C11H19N5O4. The molecule has 0 bridgehead atoms. The molecule has 1 heterocycles. The number of hydrogen-bond donors (Lipinski definition) is 3. The van der Waals surface area contributed by atoms with Crippen molar-refractivity contribution in [2.75, 3.05) is 13.1 Å². The van der Waals surface area contributed by atoms with Gasteiger partial charge in [0.1, 0.15) is 12.4 Å². The first-order valence-corrected chi connectivity index (χ1v) is 6.23. The van der Waals surface area contributed by atoms with E-state index in [0.717, 1.165) is 6.20 Å². The zero-order chi connectivity index (χ0) is 15.1. The molecule has 0 fully saturated rings. The molecule has 1 rings (SSSR count). The van der Waals surface area contributed by atoms with E-state index in [2.05, 4.69) is 15.7 Å². The highest BCUT2D eigenvalue weighted by Gasteiger charge is 2.12. The molecule has 0 aliphatic rings. The largest absolute Gasteiger partial charge is 0.390 e. The second-order valence-corrected chi connectivity index (χ2v) is 4.68. The molecule has 20 heavy (non-hydrogen) atoms. The van der Waals surface area contributed by atoms with E-state index in [1.54, 1.807) is 0 Å². The molecule has 9 nitrogen and oxygen atoms in total. The lowest BCUT2D eigenvalue weighted by Crippen LogP contribution is -2.40. The molecular weight excluding hydrogens is 266 g/mol. The second kappa shape index (κ2) is 7.56. The van der Waals surface area contributed by atoms with Crippen LogP contribution in [0.2, 0.25) is 0 Å². The minimum absolute atomic E-state index is 0.0684. The molecule has 9 heteroatoms. The highest BCUT2D eigenvalue weighted by atomic mass is 16.6. The Balaban J connectivity index is 2.27. The fraction of sp³-hybridized carbons (Fsp3) is 0.636. The van der Waals surface area contributed by atoms with Crippen LogP contribution in [0.5, 0.6) is 0 Å². The van der Waals surface area contributed by atoms with Crippen LogP contribution in [0, 0.1) is 10.1 Å². The maximum Gasteiger partial charge on any atom is 0.306 e. The molecule has 1 aromatic heterocycles. The number of amides is 1. The molecule has 0 spiro atoms. The lowest BCUT2D eigenvalue weighted by Gasteiger charge is -2.12. The fourth-order valence-corrected chi connectivity index (χ4v) is 1.55. The van der Waals surface area contributed by atoms with Crippen molar-refractivity contribution >= 4 is 11.6 Å². The molecule has 1 aromatic rings. The summed E-state index contributed by atoms with van der Waals surface area (Å²) in [4.78, 5) is 21.2. The summed E-state index contributed by atoms with van der Waals surface area (Å²) in [5.74, 6) is -0.151. The Morgan fingerprint density at radius 1 is 1.60 bits per heavy atom. The molecule has 1 unspecified atom stereocenters. The van der Waals surface area contributed by atoms with Gasteiger partial charge in [-0.2, -0.15) is 5.10 Å². The van der Waals surface area contributed by atoms with Gasteiger partial charge in [0.25, 0.3) is 0 Å². The Morgan fingerprint density at radius 3 is 2.85 bits per heavy atom. The zero-order valence-corrected chi connectivity index (χ0v) is 11.4. The first-order chi connectivity index (χ1) is 9.38. The standard InChI is InChI=1S/C11H19N5O4/c1-8(2)14-11(18)5-12-4-10(17)7-15-6-9(3-13-15)16(19)20/h3,6,8,10,12,17H,4-5,7H2,1-2H3,(H,14,18). The maximum atomic E-state index is 11.3. The van der Waals surface area contributed by atoms with Gasteiger partial charge in [-0.25, -0.2) is 0 Å². The Morgan fingerprint density at radius 2 is 2.30 bits per heavy atom. The number of carbonyl (C=O) groups is 1. The third-order valence-electron chi connectivity index (χ3n) is 2.34. The fourth-order valence-electron chi connectivity index (χ4n) is 1.55. The van der Waals surface area contributed by atoms with Gasteiger partial charge in [0, 0.05) is 12.6 Å². The predicted octanol–water partition coefficient (Wildman–Crippen LogP) is -0.734. The minimum Gasteiger partial charge on any atom is -0.390 e. The summed E-state index contributed by atoms with van der Waals surface area (Å²) in [7, 11) is 0. The van der Waals surface area contributed by atoms with Gasteiger partial charge in [0.05, 0.1) is 24.1 Å². The van der Waals surface area contributed by atoms with Crippen molar-refractivity contribution in [3.05, 3.63) is 22.5 Å². The second-order valence-electron chi connectivity index (χ2n) is 4.68. The Hall–Kier alpha value is -2.00. The van der Waals surface area contributed by atoms with Crippen molar-refractivity contribution in [2.24, 2.45) is 0 Å². The lowest BCUT2D eigenvalue weighted by molar-refractivity contribution is -0.385. The minimum atomic E-state index is -0.790. The Kier molecular flexibility index (Phi) is 6.07. The van der Waals surface area contributed by atoms with Crippen LogP contribution in [-0.4, -0.2) is 51.0 Å². The van der Waals surface area contributed by atoms with E-state index in [1.165, 1.54) is 10.9 Å². The number of rotatable bonds is 8. The Labute approximate surface area is 116 Å². The summed E-state index contributed by atoms with van der Waals surface area (Å²) < 4.78 is 1.29. The van der Waals surface area contributed by atoms with Crippen LogP contribution >= 0.6 is 0 Å². The summed E-state index contributed by atoms with van der Waals surface area (Å²) >= 11 is 0. The summed E-state index contributed by atoms with van der Waals surface area (Å²) in [5.41, 5.74) is -0.124. The van der Waals surface area contributed by atoms with Crippen molar-refractivity contribution in [1.82, 2.24) is 20.4 Å². The van der Waals surface area contributed by atoms with Gasteiger partial charge >= 0.3 is 5.69 Å². The first kappa shape index (κ1) is 16.1. The van der Waals surface area contributed by atoms with E-state index in [4.69, 9.17) is 0 Å². The number of nitro groups is 1. The van der Waals surface area contributed by atoms with Crippen LogP contribution < -0.4 is 10.6 Å². The van der Waals surface area contributed by atoms with Gasteiger partial charge in [0.2, 0.25) is 5.91 Å². The highest BCUT2D eigenvalue weighted by molar-refractivity contribution is 5.78. The van der Waals surface area contributed by atoms with E-state index in [0.29, 0.717) is 0 Å². The van der Waals surface area contributed by atoms with E-state index in [9.17, 15) is 20.0 Å². The SMILES string of the molecule is CC(C)NC(=O)CNCC(O)Cn1cc([N+](=O)[O-])cn1. The van der Waals surface area contributed by atoms with Gasteiger partial charge in [-0.1, -0.05) is 0 Å². The Bertz CT molecular complexity index is 459.